The number of hydrogen-bond acceptors (Lipinski definition) is 6. The van der Waals surface area contributed by atoms with Crippen molar-refractivity contribution < 1.29 is 28.6 Å². The second-order valence-electron chi connectivity index (χ2n) is 18.1. The lowest BCUT2D eigenvalue weighted by Crippen LogP contribution is -2.30. The summed E-state index contributed by atoms with van der Waals surface area (Å²) in [7, 11) is 0. The summed E-state index contributed by atoms with van der Waals surface area (Å²) in [4.78, 5) is 38.0. The molecule has 0 amide bonds. The van der Waals surface area contributed by atoms with E-state index < -0.39 is 6.10 Å². The van der Waals surface area contributed by atoms with Crippen LogP contribution in [0, 0.1) is 0 Å². The summed E-state index contributed by atoms with van der Waals surface area (Å²) < 4.78 is 16.8. The van der Waals surface area contributed by atoms with Gasteiger partial charge in [0, 0.05) is 19.3 Å². The average molecular weight is 883 g/mol. The first-order valence-electron chi connectivity index (χ1n) is 27.1. The first-order valence-corrected chi connectivity index (χ1v) is 27.1. The van der Waals surface area contributed by atoms with Gasteiger partial charge in [0.2, 0.25) is 0 Å². The molecule has 0 aromatic carbocycles. The van der Waals surface area contributed by atoms with E-state index in [2.05, 4.69) is 69.4 Å². The summed E-state index contributed by atoms with van der Waals surface area (Å²) in [5, 5.41) is 0. The van der Waals surface area contributed by atoms with Crippen LogP contribution in [0.5, 0.6) is 0 Å². The monoisotopic (exact) mass is 883 g/mol. The molecule has 0 saturated heterocycles. The average Bonchev–Trinajstić information content (AvgIpc) is 3.28. The largest absolute Gasteiger partial charge is 0.462 e. The highest BCUT2D eigenvalue weighted by Crippen LogP contribution is 2.15. The van der Waals surface area contributed by atoms with Crippen molar-refractivity contribution in [3.8, 4) is 0 Å². The zero-order valence-corrected chi connectivity index (χ0v) is 41.8. The van der Waals surface area contributed by atoms with Crippen molar-refractivity contribution in [3.63, 3.8) is 0 Å². The number of carbonyl (C=O) groups is 3. The van der Waals surface area contributed by atoms with E-state index in [1.165, 1.54) is 148 Å². The maximum absolute atomic E-state index is 12.8. The van der Waals surface area contributed by atoms with E-state index in [-0.39, 0.29) is 31.1 Å². The Kier molecular flexibility index (Phi) is 49.8. The second-order valence-corrected chi connectivity index (χ2v) is 18.1. The van der Waals surface area contributed by atoms with Crippen LogP contribution in [-0.2, 0) is 28.6 Å². The Hall–Kier alpha value is -2.63. The van der Waals surface area contributed by atoms with Gasteiger partial charge in [-0.25, -0.2) is 0 Å². The van der Waals surface area contributed by atoms with Gasteiger partial charge in [-0.15, -0.1) is 0 Å². The molecular formula is C57H102O6. The third-order valence-electron chi connectivity index (χ3n) is 11.8. The van der Waals surface area contributed by atoms with E-state index >= 15 is 0 Å². The molecule has 0 radical (unpaired) electrons. The molecule has 0 heterocycles. The molecule has 1 atom stereocenters. The minimum Gasteiger partial charge on any atom is -0.462 e. The van der Waals surface area contributed by atoms with Crippen LogP contribution in [0.3, 0.4) is 0 Å². The summed E-state index contributed by atoms with van der Waals surface area (Å²) in [5.41, 5.74) is 0. The van der Waals surface area contributed by atoms with Crippen molar-refractivity contribution in [2.75, 3.05) is 13.2 Å². The SMILES string of the molecule is CCCCC/C=C\C/C=C\CCCCCCCCCC(=O)OCC(COC(=O)CCCCCCC/C=C\CCCCC)OC(=O)CCCCCCC/C=C\CCCCCCCCC. The van der Waals surface area contributed by atoms with Crippen LogP contribution in [-0.4, -0.2) is 37.2 Å². The van der Waals surface area contributed by atoms with E-state index in [0.717, 1.165) is 89.9 Å². The first-order chi connectivity index (χ1) is 31.0. The van der Waals surface area contributed by atoms with E-state index in [1.54, 1.807) is 0 Å². The fourth-order valence-electron chi connectivity index (χ4n) is 7.64. The van der Waals surface area contributed by atoms with Gasteiger partial charge in [0.25, 0.3) is 0 Å². The minimum absolute atomic E-state index is 0.0823. The molecule has 0 aliphatic rings. The number of hydrogen-bond donors (Lipinski definition) is 0. The van der Waals surface area contributed by atoms with Crippen molar-refractivity contribution in [2.24, 2.45) is 0 Å². The van der Waals surface area contributed by atoms with Gasteiger partial charge < -0.3 is 14.2 Å². The van der Waals surface area contributed by atoms with Crippen molar-refractivity contribution in [3.05, 3.63) is 48.6 Å². The fraction of sp³-hybridized carbons (Fsp3) is 0.807. The van der Waals surface area contributed by atoms with Crippen molar-refractivity contribution >= 4 is 17.9 Å². The quantitative estimate of drug-likeness (QED) is 0.0262. The molecule has 0 spiro atoms. The van der Waals surface area contributed by atoms with Crippen LogP contribution in [0.4, 0.5) is 0 Å². The standard InChI is InChI=1S/C57H102O6/c1-4-7-10-13-16-19-22-25-27-29-31-32-35-38-41-44-47-50-56(59)62-53-54(52-61-55(58)49-46-43-40-37-34-24-21-18-15-12-9-6-3)63-57(60)51-48-45-42-39-36-33-30-28-26-23-20-17-14-11-8-5-2/h16,18-19,21,25,27-28,30,54H,4-15,17,20,22-24,26,29,31-53H2,1-3H3/b19-16-,21-18-,27-25-,30-28-. The number of esters is 3. The first kappa shape index (κ1) is 60.4. The third-order valence-corrected chi connectivity index (χ3v) is 11.8. The van der Waals surface area contributed by atoms with Gasteiger partial charge in [0.05, 0.1) is 0 Å². The molecule has 0 bridgehead atoms. The zero-order chi connectivity index (χ0) is 45.8. The molecule has 0 aromatic rings. The number of ether oxygens (including phenoxy) is 3. The molecule has 1 unspecified atom stereocenters. The van der Waals surface area contributed by atoms with Crippen LogP contribution in [0.2, 0.25) is 0 Å². The van der Waals surface area contributed by atoms with Gasteiger partial charge in [0.1, 0.15) is 13.2 Å². The van der Waals surface area contributed by atoms with E-state index in [9.17, 15) is 14.4 Å². The molecule has 0 rings (SSSR count). The summed E-state index contributed by atoms with van der Waals surface area (Å²) in [6.45, 7) is 6.58. The summed E-state index contributed by atoms with van der Waals surface area (Å²) in [6, 6.07) is 0. The molecule has 0 N–H and O–H groups in total. The molecule has 366 valence electrons. The maximum Gasteiger partial charge on any atom is 0.306 e. The Balaban J connectivity index is 4.38. The minimum atomic E-state index is -0.782. The number of carbonyl (C=O) groups excluding carboxylic acids is 3. The highest BCUT2D eigenvalue weighted by Gasteiger charge is 2.19. The predicted molar refractivity (Wildman–Crippen MR) is 270 cm³/mol. The predicted octanol–water partition coefficient (Wildman–Crippen LogP) is 17.9. The van der Waals surface area contributed by atoms with E-state index in [4.69, 9.17) is 14.2 Å². The molecule has 0 fully saturated rings. The Labute approximate surface area is 390 Å². The van der Waals surface area contributed by atoms with Gasteiger partial charge >= 0.3 is 17.9 Å². The van der Waals surface area contributed by atoms with Crippen LogP contribution in [0.25, 0.3) is 0 Å². The summed E-state index contributed by atoms with van der Waals surface area (Å²) >= 11 is 0. The smallest absolute Gasteiger partial charge is 0.306 e. The second kappa shape index (κ2) is 52.0. The van der Waals surface area contributed by atoms with Gasteiger partial charge in [-0.05, 0) is 103 Å². The number of unbranched alkanes of at least 4 members (excludes halogenated alkanes) is 30. The van der Waals surface area contributed by atoms with Gasteiger partial charge in [0.15, 0.2) is 6.10 Å². The Morgan fingerprint density at radius 1 is 0.317 bits per heavy atom. The van der Waals surface area contributed by atoms with Crippen molar-refractivity contribution in [1.82, 2.24) is 0 Å². The molecule has 63 heavy (non-hydrogen) atoms. The number of allylic oxidation sites excluding steroid dienone is 8. The molecule has 0 saturated carbocycles. The van der Waals surface area contributed by atoms with Crippen LogP contribution >= 0.6 is 0 Å². The topological polar surface area (TPSA) is 78.9 Å². The van der Waals surface area contributed by atoms with Crippen molar-refractivity contribution in [1.29, 1.82) is 0 Å². The maximum atomic E-state index is 12.8. The van der Waals surface area contributed by atoms with Gasteiger partial charge in [-0.2, -0.15) is 0 Å². The summed E-state index contributed by atoms with van der Waals surface area (Å²) in [5.74, 6) is -0.899. The van der Waals surface area contributed by atoms with Gasteiger partial charge in [-0.1, -0.05) is 204 Å². The van der Waals surface area contributed by atoms with E-state index in [1.807, 2.05) is 0 Å². The Morgan fingerprint density at radius 2 is 0.571 bits per heavy atom. The van der Waals surface area contributed by atoms with Crippen LogP contribution < -0.4 is 0 Å². The van der Waals surface area contributed by atoms with Crippen molar-refractivity contribution in [2.45, 2.75) is 284 Å². The highest BCUT2D eigenvalue weighted by molar-refractivity contribution is 5.71. The summed E-state index contributed by atoms with van der Waals surface area (Å²) in [6.07, 6.45) is 62.3. The lowest BCUT2D eigenvalue weighted by Gasteiger charge is -2.18. The molecular weight excluding hydrogens is 781 g/mol. The highest BCUT2D eigenvalue weighted by atomic mass is 16.6. The molecule has 0 aliphatic carbocycles. The normalized spacial score (nSPS) is 12.4. The van der Waals surface area contributed by atoms with Crippen LogP contribution in [0.15, 0.2) is 48.6 Å². The lowest BCUT2D eigenvalue weighted by atomic mass is 10.1. The molecule has 6 heteroatoms. The number of rotatable bonds is 49. The molecule has 0 aromatic heterocycles. The zero-order valence-electron chi connectivity index (χ0n) is 41.8. The fourth-order valence-corrected chi connectivity index (χ4v) is 7.64. The van der Waals surface area contributed by atoms with E-state index in [0.29, 0.717) is 19.3 Å². The Morgan fingerprint density at radius 3 is 0.921 bits per heavy atom. The Bertz CT molecular complexity index is 1110. The molecule has 6 nitrogen and oxygen atoms in total. The molecule has 0 aliphatic heterocycles. The van der Waals surface area contributed by atoms with Crippen LogP contribution in [0.1, 0.15) is 278 Å². The van der Waals surface area contributed by atoms with Gasteiger partial charge in [-0.3, -0.25) is 14.4 Å². The lowest BCUT2D eigenvalue weighted by molar-refractivity contribution is -0.167. The third kappa shape index (κ3) is 50.2.